The third kappa shape index (κ3) is 5.87. The molecule has 0 aliphatic carbocycles. The minimum Gasteiger partial charge on any atom is -0.348 e. The second-order valence-corrected chi connectivity index (χ2v) is 9.44. The number of hydrogen-bond acceptors (Lipinski definition) is 4. The molecule has 0 unspecified atom stereocenters. The van der Waals surface area contributed by atoms with E-state index in [1.807, 2.05) is 19.1 Å². The highest BCUT2D eigenvalue weighted by molar-refractivity contribution is 6.30. The van der Waals surface area contributed by atoms with Crippen LogP contribution in [0.15, 0.2) is 42.6 Å². The van der Waals surface area contributed by atoms with Crippen LogP contribution >= 0.6 is 11.6 Å². The molecule has 3 aromatic rings. The molecule has 0 bridgehead atoms. The number of carbonyl (C=O) groups excluding carboxylic acids is 2. The summed E-state index contributed by atoms with van der Waals surface area (Å²) in [5, 5.41) is 3.58. The van der Waals surface area contributed by atoms with Crippen LogP contribution in [0.2, 0.25) is 5.02 Å². The maximum Gasteiger partial charge on any atom is 0.254 e. The zero-order valence-electron chi connectivity index (χ0n) is 20.2. The van der Waals surface area contributed by atoms with Gasteiger partial charge in [-0.15, -0.1) is 0 Å². The Balaban J connectivity index is 1.42. The standard InChI is InChI=1S/C27H27ClF2N4O2/c1-16-12-20(28)7-6-19(16)14-32-27(36)22-15-31-17(2)33-26(22)18-8-10-34(11-9-18)25(35)13-21-23(29)4-3-5-24(21)30/h3-7,12,15,18H,8-11,13-14H2,1-2H3,(H,32,36). The Morgan fingerprint density at radius 2 is 1.81 bits per heavy atom. The summed E-state index contributed by atoms with van der Waals surface area (Å²) in [5.74, 6) is -1.53. The molecule has 1 aliphatic heterocycles. The minimum atomic E-state index is -0.723. The van der Waals surface area contributed by atoms with Crippen molar-refractivity contribution in [2.75, 3.05) is 13.1 Å². The predicted molar refractivity (Wildman–Crippen MR) is 133 cm³/mol. The van der Waals surface area contributed by atoms with E-state index in [4.69, 9.17) is 11.6 Å². The molecule has 2 amide bonds. The van der Waals surface area contributed by atoms with Crippen LogP contribution in [0, 0.1) is 25.5 Å². The molecule has 36 heavy (non-hydrogen) atoms. The van der Waals surface area contributed by atoms with Crippen molar-refractivity contribution in [2.24, 2.45) is 0 Å². The maximum atomic E-state index is 14.0. The summed E-state index contributed by atoms with van der Waals surface area (Å²) in [6, 6.07) is 9.08. The molecule has 9 heteroatoms. The monoisotopic (exact) mass is 512 g/mol. The summed E-state index contributed by atoms with van der Waals surface area (Å²) in [7, 11) is 0. The average Bonchev–Trinajstić information content (AvgIpc) is 2.85. The Bertz CT molecular complexity index is 1270. The number of halogens is 3. The van der Waals surface area contributed by atoms with Crippen molar-refractivity contribution in [3.63, 3.8) is 0 Å². The average molecular weight is 513 g/mol. The Hall–Kier alpha value is -3.39. The molecule has 6 nitrogen and oxygen atoms in total. The Labute approximate surface area is 213 Å². The van der Waals surface area contributed by atoms with Crippen LogP contribution in [0.25, 0.3) is 0 Å². The Kier molecular flexibility index (Phi) is 7.94. The van der Waals surface area contributed by atoms with Crippen LogP contribution in [-0.2, 0) is 17.8 Å². The topological polar surface area (TPSA) is 75.2 Å². The van der Waals surface area contributed by atoms with E-state index in [-0.39, 0.29) is 29.7 Å². The van der Waals surface area contributed by atoms with Crippen molar-refractivity contribution in [2.45, 2.75) is 45.6 Å². The van der Waals surface area contributed by atoms with Gasteiger partial charge in [0.15, 0.2) is 0 Å². The SMILES string of the molecule is Cc1ncc(C(=O)NCc2ccc(Cl)cc2C)c(C2CCN(C(=O)Cc3c(F)cccc3F)CC2)n1. The summed E-state index contributed by atoms with van der Waals surface area (Å²) < 4.78 is 27.9. The molecular formula is C27H27ClF2N4O2. The van der Waals surface area contributed by atoms with E-state index < -0.39 is 11.6 Å². The number of hydrogen-bond donors (Lipinski definition) is 1. The zero-order chi connectivity index (χ0) is 25.8. The van der Waals surface area contributed by atoms with Gasteiger partial charge in [0, 0.05) is 42.3 Å². The molecule has 0 saturated carbocycles. The zero-order valence-corrected chi connectivity index (χ0v) is 20.9. The number of likely N-dealkylation sites (tertiary alicyclic amines) is 1. The smallest absolute Gasteiger partial charge is 0.254 e. The summed E-state index contributed by atoms with van der Waals surface area (Å²) in [6.45, 7) is 4.86. The number of amides is 2. The second-order valence-electron chi connectivity index (χ2n) is 9.00. The van der Waals surface area contributed by atoms with E-state index in [1.54, 1.807) is 24.1 Å². The van der Waals surface area contributed by atoms with Crippen LogP contribution < -0.4 is 5.32 Å². The van der Waals surface area contributed by atoms with E-state index >= 15 is 0 Å². The normalized spacial score (nSPS) is 14.1. The van der Waals surface area contributed by atoms with Crippen molar-refractivity contribution in [1.29, 1.82) is 0 Å². The first kappa shape index (κ1) is 25.7. The minimum absolute atomic E-state index is 0.0426. The van der Waals surface area contributed by atoms with Gasteiger partial charge in [-0.05, 0) is 62.1 Å². The van der Waals surface area contributed by atoms with Gasteiger partial charge in [0.1, 0.15) is 17.5 Å². The number of piperidine rings is 1. The molecule has 0 atom stereocenters. The summed E-state index contributed by atoms with van der Waals surface area (Å²) in [4.78, 5) is 36.2. The van der Waals surface area contributed by atoms with Gasteiger partial charge in [0.2, 0.25) is 5.91 Å². The fraction of sp³-hybridized carbons (Fsp3) is 0.333. The van der Waals surface area contributed by atoms with Gasteiger partial charge in [-0.1, -0.05) is 23.7 Å². The Morgan fingerprint density at radius 1 is 1.11 bits per heavy atom. The third-order valence-corrected chi connectivity index (χ3v) is 6.79. The first-order chi connectivity index (χ1) is 17.2. The lowest BCUT2D eigenvalue weighted by Crippen LogP contribution is -2.39. The van der Waals surface area contributed by atoms with Gasteiger partial charge in [-0.25, -0.2) is 18.7 Å². The van der Waals surface area contributed by atoms with Crippen molar-refractivity contribution < 1.29 is 18.4 Å². The van der Waals surface area contributed by atoms with E-state index in [0.29, 0.717) is 54.6 Å². The molecule has 1 fully saturated rings. The summed E-state index contributed by atoms with van der Waals surface area (Å²) in [6.07, 6.45) is 2.38. The molecule has 1 saturated heterocycles. The van der Waals surface area contributed by atoms with Crippen LogP contribution in [0.5, 0.6) is 0 Å². The lowest BCUT2D eigenvalue weighted by molar-refractivity contribution is -0.131. The van der Waals surface area contributed by atoms with Crippen molar-refractivity contribution in [1.82, 2.24) is 20.2 Å². The lowest BCUT2D eigenvalue weighted by atomic mass is 9.90. The number of carbonyl (C=O) groups is 2. The number of nitrogens with one attached hydrogen (secondary N) is 1. The number of rotatable bonds is 6. The summed E-state index contributed by atoms with van der Waals surface area (Å²) in [5.41, 5.74) is 2.78. The molecule has 188 valence electrons. The molecule has 2 heterocycles. The molecule has 4 rings (SSSR count). The Morgan fingerprint density at radius 3 is 2.47 bits per heavy atom. The highest BCUT2D eigenvalue weighted by atomic mass is 35.5. The van der Waals surface area contributed by atoms with E-state index in [1.165, 1.54) is 6.07 Å². The van der Waals surface area contributed by atoms with Crippen LogP contribution in [-0.4, -0.2) is 39.8 Å². The summed E-state index contributed by atoms with van der Waals surface area (Å²) >= 11 is 6.02. The molecule has 1 N–H and O–H groups in total. The number of aryl methyl sites for hydroxylation is 2. The van der Waals surface area contributed by atoms with Gasteiger partial charge in [-0.3, -0.25) is 9.59 Å². The van der Waals surface area contributed by atoms with Crippen molar-refractivity contribution in [3.05, 3.63) is 93.0 Å². The predicted octanol–water partition coefficient (Wildman–Crippen LogP) is 4.90. The largest absolute Gasteiger partial charge is 0.348 e. The first-order valence-corrected chi connectivity index (χ1v) is 12.2. The van der Waals surface area contributed by atoms with Crippen LogP contribution in [0.3, 0.4) is 0 Å². The quantitative estimate of drug-likeness (QED) is 0.509. The lowest BCUT2D eigenvalue weighted by Gasteiger charge is -2.32. The fourth-order valence-electron chi connectivity index (χ4n) is 4.47. The second kappa shape index (κ2) is 11.1. The van der Waals surface area contributed by atoms with Gasteiger partial charge in [0.05, 0.1) is 17.7 Å². The molecule has 0 spiro atoms. The van der Waals surface area contributed by atoms with Gasteiger partial charge >= 0.3 is 0 Å². The molecular weight excluding hydrogens is 486 g/mol. The highest BCUT2D eigenvalue weighted by Crippen LogP contribution is 2.30. The number of benzene rings is 2. The van der Waals surface area contributed by atoms with E-state index in [2.05, 4.69) is 15.3 Å². The molecule has 0 radical (unpaired) electrons. The molecule has 2 aromatic carbocycles. The fourth-order valence-corrected chi connectivity index (χ4v) is 4.70. The van der Waals surface area contributed by atoms with Gasteiger partial charge in [-0.2, -0.15) is 0 Å². The van der Waals surface area contributed by atoms with Crippen LogP contribution in [0.1, 0.15) is 57.3 Å². The molecule has 1 aromatic heterocycles. The van der Waals surface area contributed by atoms with Crippen molar-refractivity contribution >= 4 is 23.4 Å². The van der Waals surface area contributed by atoms with Gasteiger partial charge < -0.3 is 10.2 Å². The van der Waals surface area contributed by atoms with Gasteiger partial charge in [0.25, 0.3) is 5.91 Å². The number of nitrogens with zero attached hydrogens (tertiary/aromatic N) is 3. The maximum absolute atomic E-state index is 14.0. The highest BCUT2D eigenvalue weighted by Gasteiger charge is 2.29. The molecule has 1 aliphatic rings. The number of aromatic nitrogens is 2. The van der Waals surface area contributed by atoms with E-state index in [9.17, 15) is 18.4 Å². The van der Waals surface area contributed by atoms with Crippen LogP contribution in [0.4, 0.5) is 8.78 Å². The first-order valence-electron chi connectivity index (χ1n) is 11.8. The third-order valence-electron chi connectivity index (χ3n) is 6.55. The van der Waals surface area contributed by atoms with E-state index in [0.717, 1.165) is 23.3 Å². The van der Waals surface area contributed by atoms with Crippen molar-refractivity contribution in [3.8, 4) is 0 Å².